The molecule has 2 rings (SSSR count). The molecule has 0 atom stereocenters. The normalized spacial score (nSPS) is 10.8. The van der Waals surface area contributed by atoms with Gasteiger partial charge in [0, 0.05) is 12.6 Å². The van der Waals surface area contributed by atoms with Gasteiger partial charge in [0.1, 0.15) is 17.3 Å². The SMILES string of the molecule is Cc1cc(C)c(Nc2cc(C(=O)NCC(C)C)nc(C)n2)c(Cl)c1. The quantitative estimate of drug-likeness (QED) is 0.852. The van der Waals surface area contributed by atoms with Crippen LogP contribution in [0.2, 0.25) is 5.02 Å². The highest BCUT2D eigenvalue weighted by molar-refractivity contribution is 6.33. The zero-order valence-electron chi connectivity index (χ0n) is 14.7. The lowest BCUT2D eigenvalue weighted by Gasteiger charge is -2.13. The third kappa shape index (κ3) is 4.68. The van der Waals surface area contributed by atoms with Gasteiger partial charge in [0.25, 0.3) is 5.91 Å². The molecule has 0 bridgehead atoms. The second-order valence-electron chi connectivity index (χ2n) is 6.35. The molecule has 6 heteroatoms. The summed E-state index contributed by atoms with van der Waals surface area (Å²) in [5.41, 5.74) is 3.23. The van der Waals surface area contributed by atoms with E-state index in [0.717, 1.165) is 16.8 Å². The first-order valence-corrected chi connectivity index (χ1v) is 8.31. The molecule has 1 heterocycles. The van der Waals surface area contributed by atoms with Crippen molar-refractivity contribution < 1.29 is 4.79 Å². The second-order valence-corrected chi connectivity index (χ2v) is 6.76. The fraction of sp³-hybridized carbons (Fsp3) is 0.389. The lowest BCUT2D eigenvalue weighted by Crippen LogP contribution is -2.28. The molecule has 0 fully saturated rings. The van der Waals surface area contributed by atoms with Crippen LogP contribution in [0, 0.1) is 26.7 Å². The van der Waals surface area contributed by atoms with Crippen molar-refractivity contribution in [3.05, 3.63) is 45.9 Å². The van der Waals surface area contributed by atoms with Gasteiger partial charge in [0.05, 0.1) is 10.7 Å². The summed E-state index contributed by atoms with van der Waals surface area (Å²) in [4.78, 5) is 20.8. The average Bonchev–Trinajstić information content (AvgIpc) is 2.47. The smallest absolute Gasteiger partial charge is 0.270 e. The lowest BCUT2D eigenvalue weighted by atomic mass is 10.1. The summed E-state index contributed by atoms with van der Waals surface area (Å²) in [5, 5.41) is 6.69. The number of hydrogen-bond donors (Lipinski definition) is 2. The first-order valence-electron chi connectivity index (χ1n) is 7.94. The predicted octanol–water partition coefficient (Wildman–Crippen LogP) is 4.18. The zero-order valence-corrected chi connectivity index (χ0v) is 15.5. The summed E-state index contributed by atoms with van der Waals surface area (Å²) in [5.74, 6) is 1.24. The minimum Gasteiger partial charge on any atom is -0.350 e. The Morgan fingerprint density at radius 1 is 1.17 bits per heavy atom. The number of rotatable bonds is 5. The number of carbonyl (C=O) groups is 1. The van der Waals surface area contributed by atoms with E-state index in [4.69, 9.17) is 11.6 Å². The largest absolute Gasteiger partial charge is 0.350 e. The minimum atomic E-state index is -0.205. The Bertz CT molecular complexity index is 736. The van der Waals surface area contributed by atoms with Gasteiger partial charge in [-0.25, -0.2) is 9.97 Å². The predicted molar refractivity (Wildman–Crippen MR) is 98.1 cm³/mol. The summed E-state index contributed by atoms with van der Waals surface area (Å²) >= 11 is 6.33. The third-order valence-electron chi connectivity index (χ3n) is 3.43. The maximum atomic E-state index is 12.2. The molecule has 0 aliphatic rings. The van der Waals surface area contributed by atoms with Crippen LogP contribution in [0.25, 0.3) is 0 Å². The highest BCUT2D eigenvalue weighted by Gasteiger charge is 2.13. The molecule has 0 saturated heterocycles. The van der Waals surface area contributed by atoms with Crippen molar-refractivity contribution in [1.82, 2.24) is 15.3 Å². The molecule has 0 spiro atoms. The molecule has 0 radical (unpaired) electrons. The molecule has 1 aromatic carbocycles. The van der Waals surface area contributed by atoms with Crippen LogP contribution in [0.3, 0.4) is 0 Å². The van der Waals surface area contributed by atoms with Gasteiger partial charge < -0.3 is 10.6 Å². The van der Waals surface area contributed by atoms with E-state index in [2.05, 4.69) is 20.6 Å². The monoisotopic (exact) mass is 346 g/mol. The molecule has 0 aliphatic heterocycles. The van der Waals surface area contributed by atoms with Crippen molar-refractivity contribution in [2.75, 3.05) is 11.9 Å². The van der Waals surface area contributed by atoms with Gasteiger partial charge in [-0.1, -0.05) is 31.5 Å². The first-order chi connectivity index (χ1) is 11.3. The summed E-state index contributed by atoms with van der Waals surface area (Å²) < 4.78 is 0. The van der Waals surface area contributed by atoms with Crippen molar-refractivity contribution in [2.45, 2.75) is 34.6 Å². The fourth-order valence-corrected chi connectivity index (χ4v) is 2.71. The van der Waals surface area contributed by atoms with Crippen molar-refractivity contribution in [2.24, 2.45) is 5.92 Å². The van der Waals surface area contributed by atoms with Crippen LogP contribution in [0.5, 0.6) is 0 Å². The van der Waals surface area contributed by atoms with E-state index in [1.54, 1.807) is 13.0 Å². The van der Waals surface area contributed by atoms with Gasteiger partial charge in [-0.15, -0.1) is 0 Å². The molecule has 0 saturated carbocycles. The van der Waals surface area contributed by atoms with Crippen LogP contribution in [-0.2, 0) is 0 Å². The van der Waals surface area contributed by atoms with Gasteiger partial charge in [0.2, 0.25) is 0 Å². The number of benzene rings is 1. The van der Waals surface area contributed by atoms with E-state index in [1.807, 2.05) is 39.8 Å². The highest BCUT2D eigenvalue weighted by Crippen LogP contribution is 2.29. The van der Waals surface area contributed by atoms with Crippen molar-refractivity contribution in [1.29, 1.82) is 0 Å². The number of aromatic nitrogens is 2. The number of nitrogens with one attached hydrogen (secondary N) is 2. The van der Waals surface area contributed by atoms with Gasteiger partial charge in [-0.2, -0.15) is 0 Å². The number of aryl methyl sites for hydroxylation is 3. The van der Waals surface area contributed by atoms with Crippen LogP contribution in [0.1, 0.15) is 41.3 Å². The Morgan fingerprint density at radius 2 is 1.88 bits per heavy atom. The molecule has 24 heavy (non-hydrogen) atoms. The third-order valence-corrected chi connectivity index (χ3v) is 3.72. The van der Waals surface area contributed by atoms with Gasteiger partial charge >= 0.3 is 0 Å². The standard InChI is InChI=1S/C18H23ClN4O/c1-10(2)9-20-18(24)15-8-16(22-13(5)21-15)23-17-12(4)6-11(3)7-14(17)19/h6-8,10H,9H2,1-5H3,(H,20,24)(H,21,22,23). The fourth-order valence-electron chi connectivity index (χ4n) is 2.34. The second kappa shape index (κ2) is 7.62. The minimum absolute atomic E-state index is 0.205. The van der Waals surface area contributed by atoms with Crippen LogP contribution >= 0.6 is 11.6 Å². The summed E-state index contributed by atoms with van der Waals surface area (Å²) in [6.45, 7) is 10.4. The van der Waals surface area contributed by atoms with E-state index in [0.29, 0.717) is 34.8 Å². The molecule has 1 aromatic heterocycles. The molecule has 5 nitrogen and oxygen atoms in total. The van der Waals surface area contributed by atoms with E-state index in [1.165, 1.54) is 0 Å². The summed E-state index contributed by atoms with van der Waals surface area (Å²) in [6, 6.07) is 5.57. The molecule has 2 aromatic rings. The van der Waals surface area contributed by atoms with E-state index in [9.17, 15) is 4.79 Å². The van der Waals surface area contributed by atoms with Crippen LogP contribution in [-0.4, -0.2) is 22.4 Å². The Labute approximate surface area is 147 Å². The number of hydrogen-bond acceptors (Lipinski definition) is 4. The van der Waals surface area contributed by atoms with Crippen LogP contribution in [0.15, 0.2) is 18.2 Å². The van der Waals surface area contributed by atoms with Crippen molar-refractivity contribution in [3.8, 4) is 0 Å². The topological polar surface area (TPSA) is 66.9 Å². The maximum Gasteiger partial charge on any atom is 0.270 e. The molecule has 1 amide bonds. The lowest BCUT2D eigenvalue weighted by molar-refractivity contribution is 0.0943. The van der Waals surface area contributed by atoms with Crippen molar-refractivity contribution in [3.63, 3.8) is 0 Å². The number of amides is 1. The summed E-state index contributed by atoms with van der Waals surface area (Å²) in [7, 11) is 0. The Hall–Kier alpha value is -2.14. The van der Waals surface area contributed by atoms with Gasteiger partial charge in [-0.05, 0) is 43.9 Å². The molecule has 128 valence electrons. The Balaban J connectivity index is 2.27. The Kier molecular flexibility index (Phi) is 5.78. The first kappa shape index (κ1) is 18.2. The highest BCUT2D eigenvalue weighted by atomic mass is 35.5. The van der Waals surface area contributed by atoms with E-state index >= 15 is 0 Å². The van der Waals surface area contributed by atoms with E-state index < -0.39 is 0 Å². The molecule has 0 unspecified atom stereocenters. The number of halogens is 1. The molecular weight excluding hydrogens is 324 g/mol. The molecule has 2 N–H and O–H groups in total. The number of nitrogens with zero attached hydrogens (tertiary/aromatic N) is 2. The van der Waals surface area contributed by atoms with Gasteiger partial charge in [0.15, 0.2) is 0 Å². The number of carbonyl (C=O) groups excluding carboxylic acids is 1. The zero-order chi connectivity index (χ0) is 17.9. The van der Waals surface area contributed by atoms with Crippen LogP contribution < -0.4 is 10.6 Å². The maximum absolute atomic E-state index is 12.2. The van der Waals surface area contributed by atoms with Gasteiger partial charge in [-0.3, -0.25) is 4.79 Å². The van der Waals surface area contributed by atoms with Crippen molar-refractivity contribution >= 4 is 29.0 Å². The number of anilines is 2. The molecular formula is C18H23ClN4O. The molecule has 0 aliphatic carbocycles. The summed E-state index contributed by atoms with van der Waals surface area (Å²) in [6.07, 6.45) is 0. The van der Waals surface area contributed by atoms with E-state index in [-0.39, 0.29) is 5.91 Å². The van der Waals surface area contributed by atoms with Crippen LogP contribution in [0.4, 0.5) is 11.5 Å². The Morgan fingerprint density at radius 3 is 2.50 bits per heavy atom. The average molecular weight is 347 g/mol.